The van der Waals surface area contributed by atoms with E-state index in [1.54, 1.807) is 6.20 Å². The van der Waals surface area contributed by atoms with Gasteiger partial charge in [-0.25, -0.2) is 0 Å². The van der Waals surface area contributed by atoms with Gasteiger partial charge in [-0.05, 0) is 35.8 Å². The van der Waals surface area contributed by atoms with Crippen molar-refractivity contribution >= 4 is 34.4 Å². The summed E-state index contributed by atoms with van der Waals surface area (Å²) in [4.78, 5) is 37.4. The number of hydrogen-bond acceptors (Lipinski definition) is 6. The van der Waals surface area contributed by atoms with Gasteiger partial charge >= 0.3 is 0 Å². The number of rotatable bonds is 5. The number of piperazine rings is 1. The fourth-order valence-electron chi connectivity index (χ4n) is 4.02. The van der Waals surface area contributed by atoms with Crippen molar-refractivity contribution in [1.82, 2.24) is 14.9 Å². The van der Waals surface area contributed by atoms with E-state index in [1.165, 1.54) is 0 Å². The number of aromatic nitrogens is 2. The Bertz CT molecular complexity index is 1010. The Hall–Kier alpha value is -2.57. The highest BCUT2D eigenvalue weighted by Gasteiger charge is 2.24. The van der Waals surface area contributed by atoms with Crippen LogP contribution in [0.15, 0.2) is 35.6 Å². The quantitative estimate of drug-likeness (QED) is 0.684. The van der Waals surface area contributed by atoms with Crippen molar-refractivity contribution in [1.29, 1.82) is 0 Å². The van der Waals surface area contributed by atoms with Crippen LogP contribution in [0.4, 0.5) is 5.69 Å². The molecule has 3 heterocycles. The van der Waals surface area contributed by atoms with Crippen LogP contribution in [0, 0.1) is 0 Å². The molecule has 1 aliphatic heterocycles. The molecule has 2 aromatic heterocycles. The minimum atomic E-state index is -0.0329. The largest absolute Gasteiger partial charge is 0.368 e. The Morgan fingerprint density at radius 3 is 2.57 bits per heavy atom. The van der Waals surface area contributed by atoms with Gasteiger partial charge in [0.2, 0.25) is 0 Å². The monoisotopic (exact) mass is 424 g/mol. The average Bonchev–Trinajstić information content (AvgIpc) is 2.77. The van der Waals surface area contributed by atoms with Crippen molar-refractivity contribution in [2.75, 3.05) is 31.1 Å². The molecule has 0 saturated carbocycles. The molecule has 6 nitrogen and oxygen atoms in total. The molecule has 0 bridgehead atoms. The second-order valence-corrected chi connectivity index (χ2v) is 8.21. The van der Waals surface area contributed by atoms with E-state index in [2.05, 4.69) is 25.8 Å². The summed E-state index contributed by atoms with van der Waals surface area (Å²) in [5, 5.41) is 0.306. The van der Waals surface area contributed by atoms with Crippen LogP contribution in [0.25, 0.3) is 5.57 Å². The van der Waals surface area contributed by atoms with E-state index in [-0.39, 0.29) is 11.6 Å². The number of pyridine rings is 2. The third-order valence-electron chi connectivity index (χ3n) is 5.80. The third-order valence-corrected chi connectivity index (χ3v) is 6.30. The molecule has 156 valence electrons. The molecule has 1 aliphatic carbocycles. The van der Waals surface area contributed by atoms with E-state index in [9.17, 15) is 9.59 Å². The third kappa shape index (κ3) is 4.16. The highest BCUT2D eigenvalue weighted by molar-refractivity contribution is 6.46. The summed E-state index contributed by atoms with van der Waals surface area (Å²) in [6, 6.07) is 5.89. The number of fused-ring (bicyclic) bond motifs is 1. The molecule has 4 rings (SSSR count). The van der Waals surface area contributed by atoms with Crippen LogP contribution in [0.3, 0.4) is 0 Å². The summed E-state index contributed by atoms with van der Waals surface area (Å²) in [5.41, 5.74) is 5.27. The fourth-order valence-corrected chi connectivity index (χ4v) is 4.18. The number of ketones is 2. The van der Waals surface area contributed by atoms with E-state index < -0.39 is 0 Å². The molecular weight excluding hydrogens is 400 g/mol. The van der Waals surface area contributed by atoms with E-state index in [0.29, 0.717) is 23.6 Å². The molecule has 0 unspecified atom stereocenters. The van der Waals surface area contributed by atoms with Gasteiger partial charge in [0.05, 0.1) is 22.6 Å². The molecule has 0 N–H and O–H groups in total. The first kappa shape index (κ1) is 20.7. The Morgan fingerprint density at radius 1 is 1.13 bits per heavy atom. The smallest absolute Gasteiger partial charge is 0.180 e. The SMILES string of the molecule is CCC(=O)c1ccc(N2CCN(Cc3cnc4c(c3)CC(=O)C(Cl)=C4C)CC2)cn1. The number of nitrogens with zero attached hydrogens (tertiary/aromatic N) is 4. The molecule has 0 atom stereocenters. The number of halogens is 1. The highest BCUT2D eigenvalue weighted by atomic mass is 35.5. The van der Waals surface area contributed by atoms with Crippen LogP contribution in [0.5, 0.6) is 0 Å². The predicted molar refractivity (Wildman–Crippen MR) is 118 cm³/mol. The number of carbonyl (C=O) groups excluding carboxylic acids is 2. The van der Waals surface area contributed by atoms with Crippen LogP contribution in [0.1, 0.15) is 47.6 Å². The summed E-state index contributed by atoms with van der Waals surface area (Å²) < 4.78 is 0. The average molecular weight is 425 g/mol. The van der Waals surface area contributed by atoms with Crippen molar-refractivity contribution in [3.8, 4) is 0 Å². The normalized spacial score (nSPS) is 17.3. The van der Waals surface area contributed by atoms with Gasteiger partial charge in [-0.15, -0.1) is 0 Å². The molecule has 1 fully saturated rings. The Balaban J connectivity index is 1.37. The summed E-state index contributed by atoms with van der Waals surface area (Å²) >= 11 is 6.09. The number of anilines is 1. The topological polar surface area (TPSA) is 66.4 Å². The lowest BCUT2D eigenvalue weighted by Crippen LogP contribution is -2.46. The minimum Gasteiger partial charge on any atom is -0.368 e. The number of hydrogen-bond donors (Lipinski definition) is 0. The van der Waals surface area contributed by atoms with E-state index in [0.717, 1.165) is 60.8 Å². The summed E-state index contributed by atoms with van der Waals surface area (Å²) in [5.74, 6) is 0.0363. The Kier molecular flexibility index (Phi) is 5.97. The van der Waals surface area contributed by atoms with Crippen LogP contribution in [-0.4, -0.2) is 52.6 Å². The van der Waals surface area contributed by atoms with E-state index >= 15 is 0 Å². The van der Waals surface area contributed by atoms with Gasteiger partial charge in [0.1, 0.15) is 5.69 Å². The molecule has 0 amide bonds. The van der Waals surface area contributed by atoms with Gasteiger partial charge in [0.25, 0.3) is 0 Å². The maximum atomic E-state index is 12.1. The Morgan fingerprint density at radius 2 is 1.90 bits per heavy atom. The molecular formula is C23H25ClN4O2. The van der Waals surface area contributed by atoms with Crippen molar-refractivity contribution in [3.05, 3.63) is 58.1 Å². The second-order valence-electron chi connectivity index (χ2n) is 7.83. The molecule has 7 heteroatoms. The number of allylic oxidation sites excluding steroid dienone is 2. The molecule has 0 radical (unpaired) electrons. The van der Waals surface area contributed by atoms with Crippen molar-refractivity contribution in [2.24, 2.45) is 0 Å². The zero-order chi connectivity index (χ0) is 21.3. The molecule has 1 saturated heterocycles. The summed E-state index contributed by atoms with van der Waals surface area (Å²) in [7, 11) is 0. The number of carbonyl (C=O) groups is 2. The van der Waals surface area contributed by atoms with Crippen LogP contribution in [-0.2, 0) is 17.8 Å². The Labute approximate surface area is 181 Å². The molecule has 2 aliphatic rings. The zero-order valence-corrected chi connectivity index (χ0v) is 18.1. The van der Waals surface area contributed by atoms with Gasteiger partial charge in [0.15, 0.2) is 11.6 Å². The van der Waals surface area contributed by atoms with Crippen molar-refractivity contribution < 1.29 is 9.59 Å². The van der Waals surface area contributed by atoms with Crippen LogP contribution < -0.4 is 4.90 Å². The molecule has 0 aromatic carbocycles. The second kappa shape index (κ2) is 8.66. The van der Waals surface area contributed by atoms with Gasteiger partial charge in [-0.2, -0.15) is 0 Å². The van der Waals surface area contributed by atoms with Crippen molar-refractivity contribution in [3.63, 3.8) is 0 Å². The van der Waals surface area contributed by atoms with Crippen LogP contribution in [0.2, 0.25) is 0 Å². The first-order valence-corrected chi connectivity index (χ1v) is 10.7. The van der Waals surface area contributed by atoms with Gasteiger partial charge in [0, 0.05) is 51.8 Å². The maximum absolute atomic E-state index is 12.1. The lowest BCUT2D eigenvalue weighted by atomic mass is 9.94. The molecule has 0 spiro atoms. The summed E-state index contributed by atoms with van der Waals surface area (Å²) in [6.07, 6.45) is 4.48. The first-order chi connectivity index (χ1) is 14.5. The van der Waals surface area contributed by atoms with Gasteiger partial charge in [-0.1, -0.05) is 24.6 Å². The maximum Gasteiger partial charge on any atom is 0.180 e. The van der Waals surface area contributed by atoms with E-state index in [1.807, 2.05) is 32.2 Å². The van der Waals surface area contributed by atoms with Gasteiger partial charge in [-0.3, -0.25) is 24.5 Å². The molecule has 2 aromatic rings. The number of Topliss-reactive ketones (excluding diaryl/α,β-unsaturated/α-hetero) is 2. The highest BCUT2D eigenvalue weighted by Crippen LogP contribution is 2.30. The zero-order valence-electron chi connectivity index (χ0n) is 17.3. The lowest BCUT2D eigenvalue weighted by molar-refractivity contribution is -0.114. The predicted octanol–water partition coefficient (Wildman–Crippen LogP) is 3.49. The van der Waals surface area contributed by atoms with Gasteiger partial charge < -0.3 is 4.90 Å². The van der Waals surface area contributed by atoms with Crippen molar-refractivity contribution in [2.45, 2.75) is 33.2 Å². The molecule has 30 heavy (non-hydrogen) atoms. The lowest BCUT2D eigenvalue weighted by Gasteiger charge is -2.36. The first-order valence-electron chi connectivity index (χ1n) is 10.3. The standard InChI is InChI=1S/C23H25ClN4O2/c1-3-20(29)19-5-4-18(13-25-19)28-8-6-27(7-9-28)14-16-10-17-11-21(30)22(24)15(2)23(17)26-12-16/h4-5,10,12-13H,3,6-9,11,14H2,1-2H3. The fraction of sp³-hybridized carbons (Fsp3) is 0.391. The van der Waals surface area contributed by atoms with Crippen LogP contribution >= 0.6 is 11.6 Å². The minimum absolute atomic E-state index is 0.0329. The summed E-state index contributed by atoms with van der Waals surface area (Å²) in [6.45, 7) is 8.16. The van der Waals surface area contributed by atoms with E-state index in [4.69, 9.17) is 11.6 Å².